The van der Waals surface area contributed by atoms with Crippen LogP contribution in [-0.4, -0.2) is 26.8 Å². The molecule has 1 saturated carbocycles. The van der Waals surface area contributed by atoms with Gasteiger partial charge < -0.3 is 10.6 Å². The van der Waals surface area contributed by atoms with Crippen LogP contribution in [0.15, 0.2) is 6.20 Å². The minimum Gasteiger partial charge on any atom is -0.373 e. The molecule has 6 nitrogen and oxygen atoms in total. The molecule has 2 aromatic heterocycles. The lowest BCUT2D eigenvalue weighted by Crippen LogP contribution is -2.09. The molecular formula is C15H22N6. The van der Waals surface area contributed by atoms with Crippen molar-refractivity contribution in [3.05, 3.63) is 28.8 Å². The molecule has 1 aliphatic carbocycles. The van der Waals surface area contributed by atoms with E-state index in [0.29, 0.717) is 5.92 Å². The van der Waals surface area contributed by atoms with Crippen molar-refractivity contribution in [2.45, 2.75) is 39.2 Å². The van der Waals surface area contributed by atoms with Crippen molar-refractivity contribution in [1.29, 1.82) is 0 Å². The molecule has 112 valence electrons. The van der Waals surface area contributed by atoms with E-state index in [2.05, 4.69) is 27.6 Å². The average molecular weight is 286 g/mol. The molecule has 2 N–H and O–H groups in total. The van der Waals surface area contributed by atoms with Gasteiger partial charge in [0.05, 0.1) is 6.20 Å². The lowest BCUT2D eigenvalue weighted by atomic mass is 10.2. The predicted molar refractivity (Wildman–Crippen MR) is 83.6 cm³/mol. The van der Waals surface area contributed by atoms with Crippen molar-refractivity contribution in [2.75, 3.05) is 17.7 Å². The standard InChI is InChI=1S/C15H22N6/c1-9-13(16-3)19-15(11-5-6-11)20-14(9)17-7-12-8-18-21(4)10(12)2/h8,11H,5-7H2,1-4H3,(H2,16,17,19,20). The Balaban J connectivity index is 1.83. The van der Waals surface area contributed by atoms with Crippen LogP contribution in [0.25, 0.3) is 0 Å². The molecule has 0 aliphatic heterocycles. The summed E-state index contributed by atoms with van der Waals surface area (Å²) < 4.78 is 1.89. The average Bonchev–Trinajstić information content (AvgIpc) is 3.27. The van der Waals surface area contributed by atoms with Gasteiger partial charge in [-0.05, 0) is 26.7 Å². The van der Waals surface area contributed by atoms with Crippen molar-refractivity contribution in [2.24, 2.45) is 7.05 Å². The molecule has 0 amide bonds. The summed E-state index contributed by atoms with van der Waals surface area (Å²) in [5.41, 5.74) is 3.42. The van der Waals surface area contributed by atoms with Gasteiger partial charge in [-0.2, -0.15) is 5.10 Å². The zero-order valence-corrected chi connectivity index (χ0v) is 13.1. The second-order valence-corrected chi connectivity index (χ2v) is 5.66. The summed E-state index contributed by atoms with van der Waals surface area (Å²) in [5, 5.41) is 10.9. The van der Waals surface area contributed by atoms with E-state index in [1.54, 1.807) is 0 Å². The van der Waals surface area contributed by atoms with Crippen LogP contribution in [-0.2, 0) is 13.6 Å². The number of anilines is 2. The molecule has 0 bridgehead atoms. The summed E-state index contributed by atoms with van der Waals surface area (Å²) in [6.45, 7) is 4.84. The zero-order chi connectivity index (χ0) is 15.0. The highest BCUT2D eigenvalue weighted by Crippen LogP contribution is 2.39. The second kappa shape index (κ2) is 5.35. The topological polar surface area (TPSA) is 67.7 Å². The van der Waals surface area contributed by atoms with Gasteiger partial charge in [0.25, 0.3) is 0 Å². The largest absolute Gasteiger partial charge is 0.373 e. The molecule has 0 spiro atoms. The van der Waals surface area contributed by atoms with Crippen LogP contribution >= 0.6 is 0 Å². The van der Waals surface area contributed by atoms with Crippen LogP contribution in [0, 0.1) is 13.8 Å². The molecule has 0 radical (unpaired) electrons. The van der Waals surface area contributed by atoms with Gasteiger partial charge >= 0.3 is 0 Å². The molecule has 2 heterocycles. The second-order valence-electron chi connectivity index (χ2n) is 5.66. The molecule has 6 heteroatoms. The molecule has 1 aliphatic rings. The fourth-order valence-electron chi connectivity index (χ4n) is 2.37. The maximum absolute atomic E-state index is 4.71. The number of rotatable bonds is 5. The molecule has 0 unspecified atom stereocenters. The number of hydrogen-bond acceptors (Lipinski definition) is 5. The Bertz CT molecular complexity index is 656. The SMILES string of the molecule is CNc1nc(C2CC2)nc(NCc2cnn(C)c2C)c1C. The van der Waals surface area contributed by atoms with Gasteiger partial charge in [0, 0.05) is 43.4 Å². The normalized spacial score (nSPS) is 14.3. The van der Waals surface area contributed by atoms with Crippen molar-refractivity contribution in [3.63, 3.8) is 0 Å². The van der Waals surface area contributed by atoms with Gasteiger partial charge in [0.1, 0.15) is 17.5 Å². The Labute approximate surface area is 125 Å². The third-order valence-electron chi connectivity index (χ3n) is 4.13. The highest BCUT2D eigenvalue weighted by atomic mass is 15.3. The minimum atomic E-state index is 0.540. The lowest BCUT2D eigenvalue weighted by Gasteiger charge is -2.13. The van der Waals surface area contributed by atoms with Crippen LogP contribution < -0.4 is 10.6 Å². The van der Waals surface area contributed by atoms with E-state index in [-0.39, 0.29) is 0 Å². The Morgan fingerprint density at radius 3 is 2.52 bits per heavy atom. The van der Waals surface area contributed by atoms with E-state index in [9.17, 15) is 0 Å². The number of aryl methyl sites for hydroxylation is 1. The van der Waals surface area contributed by atoms with Crippen molar-refractivity contribution < 1.29 is 0 Å². The maximum Gasteiger partial charge on any atom is 0.136 e. The number of nitrogens with zero attached hydrogens (tertiary/aromatic N) is 4. The summed E-state index contributed by atoms with van der Waals surface area (Å²) in [6, 6.07) is 0. The molecule has 0 aromatic carbocycles. The quantitative estimate of drug-likeness (QED) is 0.883. The zero-order valence-electron chi connectivity index (χ0n) is 13.1. The fraction of sp³-hybridized carbons (Fsp3) is 0.533. The predicted octanol–water partition coefficient (Wildman–Crippen LogP) is 2.36. The third kappa shape index (κ3) is 2.70. The molecule has 0 saturated heterocycles. The minimum absolute atomic E-state index is 0.540. The Morgan fingerprint density at radius 2 is 1.95 bits per heavy atom. The Morgan fingerprint density at radius 1 is 1.24 bits per heavy atom. The van der Waals surface area contributed by atoms with E-state index in [1.165, 1.54) is 24.1 Å². The lowest BCUT2D eigenvalue weighted by molar-refractivity contribution is 0.738. The van der Waals surface area contributed by atoms with Gasteiger partial charge in [-0.25, -0.2) is 9.97 Å². The first kappa shape index (κ1) is 13.9. The van der Waals surface area contributed by atoms with E-state index in [4.69, 9.17) is 4.98 Å². The molecule has 3 rings (SSSR count). The van der Waals surface area contributed by atoms with E-state index >= 15 is 0 Å². The monoisotopic (exact) mass is 286 g/mol. The molecule has 1 fully saturated rings. The van der Waals surface area contributed by atoms with Crippen molar-refractivity contribution in [3.8, 4) is 0 Å². The van der Waals surface area contributed by atoms with E-state index in [1.807, 2.05) is 31.9 Å². The Kier molecular flexibility index (Phi) is 3.53. The van der Waals surface area contributed by atoms with Gasteiger partial charge in [-0.15, -0.1) is 0 Å². The van der Waals surface area contributed by atoms with Gasteiger partial charge in [0.2, 0.25) is 0 Å². The first-order chi connectivity index (χ1) is 10.1. The Hall–Kier alpha value is -2.11. The van der Waals surface area contributed by atoms with Crippen molar-refractivity contribution >= 4 is 11.6 Å². The first-order valence-corrected chi connectivity index (χ1v) is 7.37. The van der Waals surface area contributed by atoms with Crippen LogP contribution in [0.2, 0.25) is 0 Å². The summed E-state index contributed by atoms with van der Waals surface area (Å²) >= 11 is 0. The summed E-state index contributed by atoms with van der Waals surface area (Å²) in [7, 11) is 3.86. The molecular weight excluding hydrogens is 264 g/mol. The van der Waals surface area contributed by atoms with E-state index < -0.39 is 0 Å². The third-order valence-corrected chi connectivity index (χ3v) is 4.13. The van der Waals surface area contributed by atoms with Crippen molar-refractivity contribution in [1.82, 2.24) is 19.7 Å². The van der Waals surface area contributed by atoms with E-state index in [0.717, 1.165) is 29.6 Å². The number of hydrogen-bond donors (Lipinski definition) is 2. The van der Waals surface area contributed by atoms with Crippen LogP contribution in [0.1, 0.15) is 41.4 Å². The maximum atomic E-state index is 4.71. The summed E-state index contributed by atoms with van der Waals surface area (Å²) in [6.07, 6.45) is 4.31. The highest BCUT2D eigenvalue weighted by Gasteiger charge is 2.28. The van der Waals surface area contributed by atoms with Gasteiger partial charge in [-0.1, -0.05) is 0 Å². The first-order valence-electron chi connectivity index (χ1n) is 7.37. The molecule has 2 aromatic rings. The fourth-order valence-corrected chi connectivity index (χ4v) is 2.37. The number of nitrogens with one attached hydrogen (secondary N) is 2. The summed E-state index contributed by atoms with van der Waals surface area (Å²) in [5.74, 6) is 3.32. The summed E-state index contributed by atoms with van der Waals surface area (Å²) in [4.78, 5) is 9.32. The van der Waals surface area contributed by atoms with Gasteiger partial charge in [-0.3, -0.25) is 4.68 Å². The van der Waals surface area contributed by atoms with Crippen LogP contribution in [0.5, 0.6) is 0 Å². The van der Waals surface area contributed by atoms with Crippen LogP contribution in [0.3, 0.4) is 0 Å². The van der Waals surface area contributed by atoms with Gasteiger partial charge in [0.15, 0.2) is 0 Å². The van der Waals surface area contributed by atoms with Crippen LogP contribution in [0.4, 0.5) is 11.6 Å². The molecule has 0 atom stereocenters. The molecule has 21 heavy (non-hydrogen) atoms. The smallest absolute Gasteiger partial charge is 0.136 e. The highest BCUT2D eigenvalue weighted by molar-refractivity contribution is 5.57. The number of aromatic nitrogens is 4.